The number of rotatable bonds is 3. The largest absolute Gasteiger partial charge is 0.496 e. The molecule has 3 nitrogen and oxygen atoms in total. The molecule has 0 spiro atoms. The number of methoxy groups -OCH3 is 1. The average molecular weight is 261 g/mol. The standard InChI is InChI=1S/C16H23NO2/c1-18-16-5-4-13(12-6-9-19-10-7-12)11-14(16)15-3-2-8-17-15/h4-5,11-12,15,17H,2-3,6-10H2,1H3. The Labute approximate surface area is 115 Å². The van der Waals surface area contributed by atoms with Crippen molar-refractivity contribution < 1.29 is 9.47 Å². The van der Waals surface area contributed by atoms with Crippen LogP contribution in [0.2, 0.25) is 0 Å². The van der Waals surface area contributed by atoms with Crippen molar-refractivity contribution in [3.05, 3.63) is 29.3 Å². The molecule has 3 rings (SSSR count). The van der Waals surface area contributed by atoms with Gasteiger partial charge in [0.1, 0.15) is 5.75 Å². The van der Waals surface area contributed by atoms with Crippen molar-refractivity contribution in [3.8, 4) is 5.75 Å². The maximum atomic E-state index is 5.54. The molecule has 1 aromatic rings. The summed E-state index contributed by atoms with van der Waals surface area (Å²) in [5.74, 6) is 1.68. The molecule has 2 aliphatic heterocycles. The topological polar surface area (TPSA) is 30.5 Å². The van der Waals surface area contributed by atoms with Gasteiger partial charge in [-0.2, -0.15) is 0 Å². The van der Waals surface area contributed by atoms with Gasteiger partial charge in [0.2, 0.25) is 0 Å². The quantitative estimate of drug-likeness (QED) is 0.907. The number of benzene rings is 1. The van der Waals surface area contributed by atoms with Gasteiger partial charge in [0.25, 0.3) is 0 Å². The Hall–Kier alpha value is -1.06. The minimum Gasteiger partial charge on any atom is -0.496 e. The predicted molar refractivity (Wildman–Crippen MR) is 75.8 cm³/mol. The third kappa shape index (κ3) is 2.77. The summed E-state index contributed by atoms with van der Waals surface area (Å²) < 4.78 is 11.0. The first-order valence-corrected chi connectivity index (χ1v) is 7.37. The van der Waals surface area contributed by atoms with E-state index in [1.54, 1.807) is 7.11 Å². The summed E-state index contributed by atoms with van der Waals surface area (Å²) in [5.41, 5.74) is 2.79. The average Bonchev–Trinajstić information content (AvgIpc) is 3.01. The Bertz CT molecular complexity index is 421. The molecular weight excluding hydrogens is 238 g/mol. The van der Waals surface area contributed by atoms with E-state index in [1.165, 1.54) is 24.0 Å². The van der Waals surface area contributed by atoms with Crippen molar-refractivity contribution in [2.24, 2.45) is 0 Å². The second-order valence-corrected chi connectivity index (χ2v) is 5.54. The molecule has 2 aliphatic rings. The van der Waals surface area contributed by atoms with Crippen molar-refractivity contribution in [3.63, 3.8) is 0 Å². The van der Waals surface area contributed by atoms with Gasteiger partial charge >= 0.3 is 0 Å². The highest BCUT2D eigenvalue weighted by Crippen LogP contribution is 2.35. The Morgan fingerprint density at radius 1 is 1.21 bits per heavy atom. The van der Waals surface area contributed by atoms with Gasteiger partial charge in [-0.15, -0.1) is 0 Å². The smallest absolute Gasteiger partial charge is 0.123 e. The van der Waals surface area contributed by atoms with E-state index in [9.17, 15) is 0 Å². The van der Waals surface area contributed by atoms with Crippen LogP contribution in [0.15, 0.2) is 18.2 Å². The van der Waals surface area contributed by atoms with Crippen molar-refractivity contribution in [2.45, 2.75) is 37.6 Å². The van der Waals surface area contributed by atoms with Crippen LogP contribution in [0, 0.1) is 0 Å². The van der Waals surface area contributed by atoms with Gasteiger partial charge in [-0.25, -0.2) is 0 Å². The molecule has 0 bridgehead atoms. The van der Waals surface area contributed by atoms with Gasteiger partial charge in [-0.05, 0) is 49.8 Å². The van der Waals surface area contributed by atoms with Crippen LogP contribution in [0.25, 0.3) is 0 Å². The molecule has 0 amide bonds. The van der Waals surface area contributed by atoms with Crippen LogP contribution in [-0.2, 0) is 4.74 Å². The summed E-state index contributed by atoms with van der Waals surface area (Å²) in [6.07, 6.45) is 4.76. The summed E-state index contributed by atoms with van der Waals surface area (Å²) in [7, 11) is 1.77. The number of nitrogens with one attached hydrogen (secondary N) is 1. The summed E-state index contributed by atoms with van der Waals surface area (Å²) >= 11 is 0. The monoisotopic (exact) mass is 261 g/mol. The van der Waals surface area contributed by atoms with Gasteiger partial charge in [0.15, 0.2) is 0 Å². The van der Waals surface area contributed by atoms with E-state index >= 15 is 0 Å². The molecular formula is C16H23NO2. The molecule has 0 saturated carbocycles. The fraction of sp³-hybridized carbons (Fsp3) is 0.625. The molecule has 1 N–H and O–H groups in total. The van der Waals surface area contributed by atoms with Crippen LogP contribution in [0.4, 0.5) is 0 Å². The molecule has 2 fully saturated rings. The van der Waals surface area contributed by atoms with Crippen molar-refractivity contribution in [1.29, 1.82) is 0 Å². The summed E-state index contributed by atoms with van der Waals surface area (Å²) in [6.45, 7) is 2.91. The minimum atomic E-state index is 0.467. The van der Waals surface area contributed by atoms with Crippen molar-refractivity contribution >= 4 is 0 Å². The van der Waals surface area contributed by atoms with Crippen LogP contribution in [0.1, 0.15) is 48.8 Å². The summed E-state index contributed by atoms with van der Waals surface area (Å²) in [4.78, 5) is 0. The summed E-state index contributed by atoms with van der Waals surface area (Å²) in [5, 5.41) is 3.57. The molecule has 0 radical (unpaired) electrons. The normalized spacial score (nSPS) is 24.6. The lowest BCUT2D eigenvalue weighted by atomic mass is 9.89. The Morgan fingerprint density at radius 2 is 2.05 bits per heavy atom. The molecule has 104 valence electrons. The molecule has 2 saturated heterocycles. The minimum absolute atomic E-state index is 0.467. The van der Waals surface area contributed by atoms with Crippen LogP contribution in [0.3, 0.4) is 0 Å². The molecule has 1 unspecified atom stereocenters. The fourth-order valence-corrected chi connectivity index (χ4v) is 3.26. The van der Waals surface area contributed by atoms with E-state index in [2.05, 4.69) is 23.5 Å². The molecule has 0 aromatic heterocycles. The Balaban J connectivity index is 1.87. The SMILES string of the molecule is COc1ccc(C2CCOCC2)cc1C1CCCN1. The van der Waals surface area contributed by atoms with Gasteiger partial charge in [-0.3, -0.25) is 0 Å². The molecule has 2 heterocycles. The maximum Gasteiger partial charge on any atom is 0.123 e. The molecule has 1 aromatic carbocycles. The zero-order valence-electron chi connectivity index (χ0n) is 11.7. The number of ether oxygens (including phenoxy) is 2. The van der Waals surface area contributed by atoms with Gasteiger partial charge < -0.3 is 14.8 Å². The van der Waals surface area contributed by atoms with Crippen molar-refractivity contribution in [2.75, 3.05) is 26.9 Å². The first kappa shape index (κ1) is 12.9. The zero-order valence-corrected chi connectivity index (χ0v) is 11.7. The van der Waals surface area contributed by atoms with E-state index < -0.39 is 0 Å². The summed E-state index contributed by atoms with van der Waals surface area (Å²) in [6, 6.07) is 7.19. The lowest BCUT2D eigenvalue weighted by Gasteiger charge is -2.24. The maximum absolute atomic E-state index is 5.54. The van der Waals surface area contributed by atoms with Crippen LogP contribution < -0.4 is 10.1 Å². The molecule has 0 aliphatic carbocycles. The second-order valence-electron chi connectivity index (χ2n) is 5.54. The lowest BCUT2D eigenvalue weighted by Crippen LogP contribution is -2.16. The van der Waals surface area contributed by atoms with E-state index in [0.717, 1.165) is 38.3 Å². The van der Waals surface area contributed by atoms with Gasteiger partial charge in [0.05, 0.1) is 7.11 Å². The van der Waals surface area contributed by atoms with E-state index in [1.807, 2.05) is 0 Å². The van der Waals surface area contributed by atoms with Gasteiger partial charge in [0, 0.05) is 24.8 Å². The predicted octanol–water partition coefficient (Wildman–Crippen LogP) is 3.01. The van der Waals surface area contributed by atoms with Crippen molar-refractivity contribution in [1.82, 2.24) is 5.32 Å². The highest BCUT2D eigenvalue weighted by Gasteiger charge is 2.22. The molecule has 1 atom stereocenters. The molecule has 19 heavy (non-hydrogen) atoms. The first-order valence-electron chi connectivity index (χ1n) is 7.37. The first-order chi connectivity index (χ1) is 9.38. The lowest BCUT2D eigenvalue weighted by molar-refractivity contribution is 0.0853. The third-order valence-electron chi connectivity index (χ3n) is 4.38. The van der Waals surface area contributed by atoms with Crippen LogP contribution >= 0.6 is 0 Å². The van der Waals surface area contributed by atoms with E-state index in [4.69, 9.17) is 9.47 Å². The molecule has 3 heteroatoms. The highest BCUT2D eigenvalue weighted by atomic mass is 16.5. The highest BCUT2D eigenvalue weighted by molar-refractivity contribution is 5.41. The second kappa shape index (κ2) is 5.93. The fourth-order valence-electron chi connectivity index (χ4n) is 3.26. The zero-order chi connectivity index (χ0) is 13.1. The Morgan fingerprint density at radius 3 is 2.74 bits per heavy atom. The number of hydrogen-bond acceptors (Lipinski definition) is 3. The van der Waals surface area contributed by atoms with E-state index in [0.29, 0.717) is 12.0 Å². The van der Waals surface area contributed by atoms with Gasteiger partial charge in [-0.1, -0.05) is 12.1 Å². The third-order valence-corrected chi connectivity index (χ3v) is 4.38. The van der Waals surface area contributed by atoms with E-state index in [-0.39, 0.29) is 0 Å². The number of hydrogen-bond donors (Lipinski definition) is 1. The van der Waals surface area contributed by atoms with Crippen LogP contribution in [0.5, 0.6) is 5.75 Å². The Kier molecular flexibility index (Phi) is 4.04. The van der Waals surface area contributed by atoms with Crippen LogP contribution in [-0.4, -0.2) is 26.9 Å².